The van der Waals surface area contributed by atoms with Crippen molar-refractivity contribution in [2.45, 2.75) is 31.1 Å². The van der Waals surface area contributed by atoms with E-state index >= 15 is 0 Å². The fraction of sp³-hybridized carbons (Fsp3) is 0.700. The standard InChI is InChI=1S/C10H17N3O2S2/c1-2-5-17(14,15)8-9(11)13-16-10(8)12-6-7-3-4-7/h7,12H,2-6H2,1H3,(H2,11,13). The first-order valence-electron chi connectivity index (χ1n) is 5.76. The highest BCUT2D eigenvalue weighted by molar-refractivity contribution is 7.91. The lowest BCUT2D eigenvalue weighted by Crippen LogP contribution is -2.11. The lowest BCUT2D eigenvalue weighted by atomic mass is 10.4. The second-order valence-corrected chi connectivity index (χ2v) is 7.19. The van der Waals surface area contributed by atoms with E-state index in [9.17, 15) is 8.42 Å². The predicted molar refractivity (Wildman–Crippen MR) is 70.1 cm³/mol. The van der Waals surface area contributed by atoms with Crippen molar-refractivity contribution in [1.29, 1.82) is 0 Å². The van der Waals surface area contributed by atoms with Gasteiger partial charge >= 0.3 is 0 Å². The maximum absolute atomic E-state index is 12.0. The van der Waals surface area contributed by atoms with Gasteiger partial charge in [0.2, 0.25) is 0 Å². The number of hydrogen-bond donors (Lipinski definition) is 2. The van der Waals surface area contributed by atoms with Gasteiger partial charge in [0.1, 0.15) is 9.90 Å². The minimum Gasteiger partial charge on any atom is -0.382 e. The number of nitrogen functional groups attached to an aromatic ring is 1. The summed E-state index contributed by atoms with van der Waals surface area (Å²) in [7, 11) is -3.30. The number of nitrogens with two attached hydrogens (primary N) is 1. The Balaban J connectivity index is 2.21. The summed E-state index contributed by atoms with van der Waals surface area (Å²) in [6, 6.07) is 0. The van der Waals surface area contributed by atoms with Gasteiger partial charge in [-0.15, -0.1) is 0 Å². The minimum absolute atomic E-state index is 0.119. The maximum atomic E-state index is 12.0. The molecule has 0 bridgehead atoms. The van der Waals surface area contributed by atoms with E-state index in [0.717, 1.165) is 18.1 Å². The summed E-state index contributed by atoms with van der Waals surface area (Å²) < 4.78 is 28.0. The number of sulfone groups is 1. The van der Waals surface area contributed by atoms with E-state index in [1.807, 2.05) is 6.92 Å². The molecule has 1 fully saturated rings. The molecule has 5 nitrogen and oxygen atoms in total. The Labute approximate surface area is 105 Å². The van der Waals surface area contributed by atoms with Crippen LogP contribution in [0.2, 0.25) is 0 Å². The Morgan fingerprint density at radius 1 is 1.53 bits per heavy atom. The van der Waals surface area contributed by atoms with Crippen LogP contribution < -0.4 is 11.1 Å². The zero-order valence-corrected chi connectivity index (χ0v) is 11.4. The van der Waals surface area contributed by atoms with Crippen LogP contribution in [0.1, 0.15) is 26.2 Å². The lowest BCUT2D eigenvalue weighted by molar-refractivity contribution is 0.595. The lowest BCUT2D eigenvalue weighted by Gasteiger charge is -2.06. The van der Waals surface area contributed by atoms with Crippen molar-refractivity contribution < 1.29 is 8.42 Å². The Hall–Kier alpha value is -0.820. The molecule has 0 amide bonds. The van der Waals surface area contributed by atoms with Crippen LogP contribution in [0.3, 0.4) is 0 Å². The fourth-order valence-electron chi connectivity index (χ4n) is 1.64. The molecule has 0 atom stereocenters. The minimum atomic E-state index is -3.30. The second-order valence-electron chi connectivity index (χ2n) is 4.37. The number of nitrogens with one attached hydrogen (secondary N) is 1. The van der Waals surface area contributed by atoms with Gasteiger partial charge < -0.3 is 11.1 Å². The zero-order chi connectivity index (χ0) is 12.5. The normalized spacial score (nSPS) is 16.1. The highest BCUT2D eigenvalue weighted by Gasteiger charge is 2.27. The third kappa shape index (κ3) is 2.90. The number of aromatic nitrogens is 1. The molecule has 1 aromatic rings. The van der Waals surface area contributed by atoms with Crippen LogP contribution in [0.25, 0.3) is 0 Å². The van der Waals surface area contributed by atoms with E-state index in [1.54, 1.807) is 0 Å². The molecule has 1 aromatic heterocycles. The summed E-state index contributed by atoms with van der Waals surface area (Å²) >= 11 is 1.13. The molecule has 1 aliphatic rings. The number of anilines is 2. The topological polar surface area (TPSA) is 85.1 Å². The van der Waals surface area contributed by atoms with Crippen molar-refractivity contribution in [1.82, 2.24) is 4.37 Å². The van der Waals surface area contributed by atoms with Crippen molar-refractivity contribution in [3.8, 4) is 0 Å². The molecule has 0 aromatic carbocycles. The summed E-state index contributed by atoms with van der Waals surface area (Å²) in [6.07, 6.45) is 3.02. The number of nitrogens with zero attached hydrogens (tertiary/aromatic N) is 1. The Morgan fingerprint density at radius 3 is 2.82 bits per heavy atom. The van der Waals surface area contributed by atoms with Crippen LogP contribution in [0.15, 0.2) is 4.90 Å². The second kappa shape index (κ2) is 4.81. The van der Waals surface area contributed by atoms with E-state index in [0.29, 0.717) is 17.3 Å². The third-order valence-electron chi connectivity index (χ3n) is 2.71. The van der Waals surface area contributed by atoms with E-state index in [1.165, 1.54) is 12.8 Å². The van der Waals surface area contributed by atoms with Crippen LogP contribution in [-0.4, -0.2) is 25.1 Å². The molecule has 96 valence electrons. The van der Waals surface area contributed by atoms with Crippen LogP contribution in [-0.2, 0) is 9.84 Å². The molecular formula is C10H17N3O2S2. The van der Waals surface area contributed by atoms with Gasteiger partial charge in [0.15, 0.2) is 15.7 Å². The van der Waals surface area contributed by atoms with Crippen LogP contribution in [0, 0.1) is 5.92 Å². The van der Waals surface area contributed by atoms with Crippen molar-refractivity contribution in [2.24, 2.45) is 5.92 Å². The molecule has 3 N–H and O–H groups in total. The average Bonchev–Trinajstić information content (AvgIpc) is 2.99. The fourth-order valence-corrected chi connectivity index (χ4v) is 4.26. The van der Waals surface area contributed by atoms with Crippen LogP contribution in [0.5, 0.6) is 0 Å². The molecule has 0 radical (unpaired) electrons. The summed E-state index contributed by atoms with van der Waals surface area (Å²) in [5.74, 6) is 0.926. The highest BCUT2D eigenvalue weighted by Crippen LogP contribution is 2.35. The van der Waals surface area contributed by atoms with Gasteiger partial charge in [0.25, 0.3) is 0 Å². The summed E-state index contributed by atoms with van der Waals surface area (Å²) in [6.45, 7) is 2.65. The first-order valence-corrected chi connectivity index (χ1v) is 8.19. The molecule has 0 spiro atoms. The van der Waals surface area contributed by atoms with Crippen molar-refractivity contribution in [2.75, 3.05) is 23.3 Å². The van der Waals surface area contributed by atoms with Crippen LogP contribution in [0.4, 0.5) is 10.8 Å². The zero-order valence-electron chi connectivity index (χ0n) is 9.77. The number of rotatable bonds is 6. The van der Waals surface area contributed by atoms with Crippen molar-refractivity contribution in [3.05, 3.63) is 0 Å². The largest absolute Gasteiger partial charge is 0.382 e. The number of hydrogen-bond acceptors (Lipinski definition) is 6. The monoisotopic (exact) mass is 275 g/mol. The average molecular weight is 275 g/mol. The molecule has 7 heteroatoms. The van der Waals surface area contributed by atoms with Gasteiger partial charge in [-0.1, -0.05) is 6.92 Å². The van der Waals surface area contributed by atoms with Gasteiger partial charge in [0.05, 0.1) is 5.75 Å². The van der Waals surface area contributed by atoms with Crippen molar-refractivity contribution >= 4 is 32.2 Å². The molecule has 1 aliphatic carbocycles. The molecule has 2 rings (SSSR count). The SMILES string of the molecule is CCCS(=O)(=O)c1c(N)nsc1NCC1CC1. The Bertz CT molecular complexity index is 492. The first-order chi connectivity index (χ1) is 8.04. The molecule has 1 saturated carbocycles. The Morgan fingerprint density at radius 2 is 2.24 bits per heavy atom. The molecule has 0 aliphatic heterocycles. The van der Waals surface area contributed by atoms with Gasteiger partial charge in [0, 0.05) is 6.54 Å². The molecule has 1 heterocycles. The third-order valence-corrected chi connectivity index (χ3v) is 5.64. The first kappa shape index (κ1) is 12.6. The molecular weight excluding hydrogens is 258 g/mol. The quantitative estimate of drug-likeness (QED) is 0.826. The van der Waals surface area contributed by atoms with Gasteiger partial charge in [-0.2, -0.15) is 4.37 Å². The van der Waals surface area contributed by atoms with Gasteiger partial charge in [-0.05, 0) is 36.7 Å². The molecule has 17 heavy (non-hydrogen) atoms. The summed E-state index contributed by atoms with van der Waals surface area (Å²) in [5.41, 5.74) is 5.66. The van der Waals surface area contributed by atoms with Gasteiger partial charge in [-0.25, -0.2) is 8.42 Å². The van der Waals surface area contributed by atoms with Crippen molar-refractivity contribution in [3.63, 3.8) is 0 Å². The maximum Gasteiger partial charge on any atom is 0.185 e. The van der Waals surface area contributed by atoms with E-state index in [2.05, 4.69) is 9.69 Å². The molecule has 0 saturated heterocycles. The smallest absolute Gasteiger partial charge is 0.185 e. The summed E-state index contributed by atoms with van der Waals surface area (Å²) in [4.78, 5) is 0.199. The molecule has 0 unspecified atom stereocenters. The highest BCUT2D eigenvalue weighted by atomic mass is 32.2. The van der Waals surface area contributed by atoms with Gasteiger partial charge in [-0.3, -0.25) is 0 Å². The van der Waals surface area contributed by atoms with E-state index in [-0.39, 0.29) is 16.5 Å². The Kier molecular flexibility index (Phi) is 3.58. The summed E-state index contributed by atoms with van der Waals surface area (Å²) in [5, 5.41) is 3.76. The van der Waals surface area contributed by atoms with E-state index in [4.69, 9.17) is 5.73 Å². The van der Waals surface area contributed by atoms with E-state index < -0.39 is 9.84 Å². The predicted octanol–water partition coefficient (Wildman–Crippen LogP) is 1.73. The van der Waals surface area contributed by atoms with Crippen LogP contribution >= 0.6 is 11.5 Å².